The number of allylic oxidation sites excluding steroid dienone is 1. The number of rotatable bonds is 6. The molecule has 1 atom stereocenters. The lowest BCUT2D eigenvalue weighted by Crippen LogP contribution is -2.40. The minimum Gasteiger partial charge on any atom is -0.362 e. The molecule has 1 saturated heterocycles. The van der Waals surface area contributed by atoms with Crippen LogP contribution in [0.2, 0.25) is 0 Å². The highest BCUT2D eigenvalue weighted by molar-refractivity contribution is 5.67. The van der Waals surface area contributed by atoms with Gasteiger partial charge < -0.3 is 9.88 Å². The Labute approximate surface area is 156 Å². The van der Waals surface area contributed by atoms with E-state index in [9.17, 15) is 0 Å². The van der Waals surface area contributed by atoms with Gasteiger partial charge in [-0.05, 0) is 54.3 Å². The van der Waals surface area contributed by atoms with Gasteiger partial charge in [-0.3, -0.25) is 4.90 Å². The molecule has 1 aliphatic heterocycles. The fourth-order valence-corrected chi connectivity index (χ4v) is 3.54. The normalized spacial score (nSPS) is 17.2. The van der Waals surface area contributed by atoms with E-state index in [0.717, 1.165) is 30.8 Å². The zero-order valence-corrected chi connectivity index (χ0v) is 15.5. The number of hydrogen-bond acceptors (Lipinski definition) is 2. The third-order valence-corrected chi connectivity index (χ3v) is 5.03. The molecule has 1 fully saturated rings. The van der Waals surface area contributed by atoms with E-state index in [1.807, 2.05) is 16.8 Å². The summed E-state index contributed by atoms with van der Waals surface area (Å²) in [6, 6.07) is 8.97. The number of benzene rings is 1. The fourth-order valence-electron chi connectivity index (χ4n) is 3.54. The molecule has 1 unspecified atom stereocenters. The van der Waals surface area contributed by atoms with E-state index in [1.165, 1.54) is 22.3 Å². The molecule has 3 nitrogen and oxygen atoms in total. The number of aromatic nitrogens is 1. The Morgan fingerprint density at radius 3 is 2.69 bits per heavy atom. The van der Waals surface area contributed by atoms with E-state index in [2.05, 4.69) is 74.0 Å². The Kier molecular flexibility index (Phi) is 5.29. The van der Waals surface area contributed by atoms with Gasteiger partial charge in [0, 0.05) is 42.6 Å². The molecule has 2 aromatic rings. The van der Waals surface area contributed by atoms with Gasteiger partial charge in [0.1, 0.15) is 0 Å². The zero-order valence-electron chi connectivity index (χ0n) is 15.5. The van der Waals surface area contributed by atoms with Crippen molar-refractivity contribution in [2.75, 3.05) is 7.05 Å². The van der Waals surface area contributed by atoms with Crippen molar-refractivity contribution in [2.24, 2.45) is 0 Å². The first-order chi connectivity index (χ1) is 12.5. The molecule has 1 N–H and O–H groups in total. The van der Waals surface area contributed by atoms with Crippen LogP contribution in [-0.2, 0) is 6.54 Å². The maximum absolute atomic E-state index is 4.18. The summed E-state index contributed by atoms with van der Waals surface area (Å²) in [7, 11) is 2.15. The minimum absolute atomic E-state index is 0.309. The molecule has 1 aromatic heterocycles. The topological polar surface area (TPSA) is 20.2 Å². The summed E-state index contributed by atoms with van der Waals surface area (Å²) < 4.78 is 1.97. The van der Waals surface area contributed by atoms with E-state index in [-0.39, 0.29) is 0 Å². The smallest absolute Gasteiger partial charge is 0.0496 e. The predicted octanol–water partition coefficient (Wildman–Crippen LogP) is 5.11. The van der Waals surface area contributed by atoms with Gasteiger partial charge >= 0.3 is 0 Å². The van der Waals surface area contributed by atoms with E-state index < -0.39 is 0 Å². The molecular formula is C23H27N3. The summed E-state index contributed by atoms with van der Waals surface area (Å²) in [6.45, 7) is 16.8. The number of nitrogens with one attached hydrogen (secondary N) is 1. The van der Waals surface area contributed by atoms with Crippen molar-refractivity contribution in [1.29, 1.82) is 0 Å². The van der Waals surface area contributed by atoms with Crippen LogP contribution in [-0.4, -0.2) is 22.6 Å². The molecule has 1 aromatic carbocycles. The standard InChI is InChI=1S/C23H27N3/c1-6-19-9-10-20(21-12-13-26(7-2)16-21)14-22(19)15-25(5)23-11-8-17(3)24-18(23)4/h6-7,9-10,12-14,16,23-24H,1-4,8,11,15H2,5H3. The van der Waals surface area contributed by atoms with Crippen molar-refractivity contribution in [2.45, 2.75) is 25.4 Å². The lowest BCUT2D eigenvalue weighted by atomic mass is 9.97. The predicted molar refractivity (Wildman–Crippen MR) is 112 cm³/mol. The Hall–Kier alpha value is -2.78. The Bertz CT molecular complexity index is 856. The van der Waals surface area contributed by atoms with Crippen molar-refractivity contribution in [3.8, 4) is 11.1 Å². The van der Waals surface area contributed by atoms with E-state index in [1.54, 1.807) is 6.20 Å². The van der Waals surface area contributed by atoms with Gasteiger partial charge in [0.15, 0.2) is 0 Å². The van der Waals surface area contributed by atoms with Crippen LogP contribution in [0.3, 0.4) is 0 Å². The van der Waals surface area contributed by atoms with Crippen LogP contribution in [0.5, 0.6) is 0 Å². The van der Waals surface area contributed by atoms with Crippen molar-refractivity contribution in [3.05, 3.63) is 85.5 Å². The van der Waals surface area contributed by atoms with E-state index in [4.69, 9.17) is 0 Å². The first-order valence-corrected chi connectivity index (χ1v) is 8.91. The Morgan fingerprint density at radius 1 is 1.23 bits per heavy atom. The Balaban J connectivity index is 1.84. The maximum atomic E-state index is 4.18. The molecule has 0 aliphatic carbocycles. The van der Waals surface area contributed by atoms with Gasteiger partial charge in [0.2, 0.25) is 0 Å². The number of piperidine rings is 1. The van der Waals surface area contributed by atoms with Gasteiger partial charge in [-0.25, -0.2) is 0 Å². The number of likely N-dealkylation sites (N-methyl/N-ethyl adjacent to an activating group) is 1. The lowest BCUT2D eigenvalue weighted by molar-refractivity contribution is 0.235. The van der Waals surface area contributed by atoms with Gasteiger partial charge in [-0.15, -0.1) is 0 Å². The van der Waals surface area contributed by atoms with Gasteiger partial charge in [0.05, 0.1) is 0 Å². The second-order valence-corrected chi connectivity index (χ2v) is 6.87. The average molecular weight is 345 g/mol. The molecule has 3 rings (SSSR count). The minimum atomic E-state index is 0.309. The lowest BCUT2D eigenvalue weighted by Gasteiger charge is -2.35. The fraction of sp³-hybridized carbons (Fsp3) is 0.217. The number of nitrogens with zero attached hydrogens (tertiary/aromatic N) is 2. The summed E-state index contributed by atoms with van der Waals surface area (Å²) in [5.74, 6) is 0. The van der Waals surface area contributed by atoms with Crippen LogP contribution < -0.4 is 5.32 Å². The summed E-state index contributed by atoms with van der Waals surface area (Å²) in [6.07, 6.45) is 9.86. The quantitative estimate of drug-likeness (QED) is 0.785. The van der Waals surface area contributed by atoms with Crippen molar-refractivity contribution in [3.63, 3.8) is 0 Å². The molecule has 0 amide bonds. The van der Waals surface area contributed by atoms with Crippen molar-refractivity contribution >= 4 is 12.3 Å². The molecule has 0 spiro atoms. The second kappa shape index (κ2) is 7.63. The highest BCUT2D eigenvalue weighted by Crippen LogP contribution is 2.27. The highest BCUT2D eigenvalue weighted by atomic mass is 15.2. The molecular weight excluding hydrogens is 318 g/mol. The monoisotopic (exact) mass is 345 g/mol. The summed E-state index contributed by atoms with van der Waals surface area (Å²) in [5.41, 5.74) is 6.91. The molecule has 0 radical (unpaired) electrons. The van der Waals surface area contributed by atoms with Crippen molar-refractivity contribution < 1.29 is 0 Å². The van der Waals surface area contributed by atoms with E-state index in [0.29, 0.717) is 6.04 Å². The molecule has 0 bridgehead atoms. The summed E-state index contributed by atoms with van der Waals surface area (Å²) in [4.78, 5) is 2.35. The summed E-state index contributed by atoms with van der Waals surface area (Å²) >= 11 is 0. The third kappa shape index (κ3) is 3.73. The molecule has 1 aliphatic rings. The van der Waals surface area contributed by atoms with Crippen LogP contribution in [0.4, 0.5) is 0 Å². The summed E-state index contributed by atoms with van der Waals surface area (Å²) in [5, 5.41) is 3.31. The Morgan fingerprint density at radius 2 is 2.04 bits per heavy atom. The van der Waals surface area contributed by atoms with Crippen LogP contribution >= 0.6 is 0 Å². The van der Waals surface area contributed by atoms with Crippen LogP contribution in [0.25, 0.3) is 23.4 Å². The molecule has 0 saturated carbocycles. The SMILES string of the molecule is C=Cc1ccc(-c2ccn(C=C)c2)cc1CN(C)C1CCC(=C)NC1=C. The van der Waals surface area contributed by atoms with Crippen LogP contribution in [0.15, 0.2) is 74.4 Å². The van der Waals surface area contributed by atoms with Crippen LogP contribution in [0.1, 0.15) is 24.0 Å². The van der Waals surface area contributed by atoms with Gasteiger partial charge in [-0.2, -0.15) is 0 Å². The van der Waals surface area contributed by atoms with Gasteiger partial charge in [0.25, 0.3) is 0 Å². The average Bonchev–Trinajstić information content (AvgIpc) is 3.10. The molecule has 26 heavy (non-hydrogen) atoms. The maximum Gasteiger partial charge on any atom is 0.0496 e. The second-order valence-electron chi connectivity index (χ2n) is 6.87. The van der Waals surface area contributed by atoms with Gasteiger partial charge in [-0.1, -0.05) is 44.5 Å². The largest absolute Gasteiger partial charge is 0.362 e. The first-order valence-electron chi connectivity index (χ1n) is 8.91. The molecule has 2 heterocycles. The number of hydrogen-bond donors (Lipinski definition) is 1. The third-order valence-electron chi connectivity index (χ3n) is 5.03. The van der Waals surface area contributed by atoms with E-state index >= 15 is 0 Å². The molecule has 3 heteroatoms. The first kappa shape index (κ1) is 18.0. The zero-order chi connectivity index (χ0) is 18.7. The van der Waals surface area contributed by atoms with Crippen molar-refractivity contribution in [1.82, 2.24) is 14.8 Å². The van der Waals surface area contributed by atoms with Crippen LogP contribution in [0, 0.1) is 0 Å². The highest BCUT2D eigenvalue weighted by Gasteiger charge is 2.23. The molecule has 134 valence electrons.